The Morgan fingerprint density at radius 3 is 2.40 bits per heavy atom. The maximum atomic E-state index is 13.1. The number of anilines is 3. The van der Waals surface area contributed by atoms with Gasteiger partial charge in [-0.1, -0.05) is 6.07 Å². The molecular weight excluding hydrogens is 525 g/mol. The second-order valence-corrected chi connectivity index (χ2v) is 8.79. The fourth-order valence-corrected chi connectivity index (χ4v) is 4.16. The maximum absolute atomic E-state index is 13.1. The number of nitrogen functional groups attached to an aromatic ring is 3. The molecule has 6 heterocycles. The van der Waals surface area contributed by atoms with Crippen molar-refractivity contribution in [1.29, 1.82) is 0 Å². The Hall–Kier alpha value is -5.25. The lowest BCUT2D eigenvalue weighted by Gasteiger charge is -2.00. The number of aryl methyl sites for hydroxylation is 1. The number of hydrogen-bond acceptors (Lipinski definition) is 13. The molecule has 2 aliphatic rings. The number of ether oxygens (including phenoxy) is 4. The van der Waals surface area contributed by atoms with Gasteiger partial charge >= 0.3 is 6.08 Å². The first-order valence-corrected chi connectivity index (χ1v) is 12.1. The van der Waals surface area contributed by atoms with Gasteiger partial charge in [-0.2, -0.15) is 24.3 Å². The number of aromatic nitrogens is 8. The van der Waals surface area contributed by atoms with Crippen molar-refractivity contribution >= 4 is 39.9 Å². The third kappa shape index (κ3) is 5.32. The number of hydrogen-bond donors (Lipinski definition) is 5. The Kier molecular flexibility index (Phi) is 6.57. The summed E-state index contributed by atoms with van der Waals surface area (Å²) in [4.78, 5) is 29.7. The Morgan fingerprint density at radius 1 is 0.825 bits per heavy atom. The van der Waals surface area contributed by atoms with Crippen molar-refractivity contribution in [3.05, 3.63) is 53.3 Å². The number of H-pyrrole nitrogens is 2. The number of halogens is 1. The molecule has 1 fully saturated rings. The van der Waals surface area contributed by atoms with E-state index < -0.39 is 6.08 Å². The average molecular weight is 550 g/mol. The van der Waals surface area contributed by atoms with Crippen molar-refractivity contribution < 1.29 is 23.3 Å². The first-order valence-electron chi connectivity index (χ1n) is 12.1. The second-order valence-electron chi connectivity index (χ2n) is 8.79. The zero-order chi connectivity index (χ0) is 27.6. The van der Waals surface area contributed by atoms with Gasteiger partial charge in [0.2, 0.25) is 12.7 Å². The number of rotatable bonds is 5. The normalized spacial score (nSPS) is 15.0. The minimum Gasteiger partial charge on any atom is -0.470 e. The fourth-order valence-electron chi connectivity index (χ4n) is 4.16. The molecule has 15 nitrogen and oxygen atoms in total. The van der Waals surface area contributed by atoms with Gasteiger partial charge in [0.25, 0.3) is 0 Å². The number of imidazole rings is 2. The molecule has 0 bridgehead atoms. The van der Waals surface area contributed by atoms with E-state index in [1.54, 1.807) is 0 Å². The van der Waals surface area contributed by atoms with Crippen molar-refractivity contribution in [2.24, 2.45) is 0 Å². The first kappa shape index (κ1) is 25.1. The molecule has 0 amide bonds. The summed E-state index contributed by atoms with van der Waals surface area (Å²) in [7, 11) is 0. The van der Waals surface area contributed by atoms with Crippen LogP contribution < -0.4 is 26.7 Å². The molecule has 1 saturated heterocycles. The molecule has 0 saturated carbocycles. The topological polar surface area (TPSA) is 224 Å². The number of allylic oxidation sites excluding steroid dienone is 1. The number of aromatic amines is 2. The number of nitrogens with zero attached hydrogens (tertiary/aromatic N) is 6. The highest BCUT2D eigenvalue weighted by Crippen LogP contribution is 2.33. The number of nitrogens with two attached hydrogens (primary N) is 3. The Morgan fingerprint density at radius 2 is 1.57 bits per heavy atom. The van der Waals surface area contributed by atoms with Crippen molar-refractivity contribution in [2.75, 3.05) is 37.4 Å². The summed E-state index contributed by atoms with van der Waals surface area (Å²) in [6, 6.07) is 5.63. The Bertz CT molecular complexity index is 1730. The van der Waals surface area contributed by atoms with E-state index in [9.17, 15) is 4.39 Å². The molecule has 5 aromatic rings. The third-order valence-electron chi connectivity index (χ3n) is 5.96. The molecule has 0 atom stereocenters. The molecule has 4 aromatic heterocycles. The maximum Gasteiger partial charge on any atom is 0.312 e. The molecule has 16 heteroatoms. The van der Waals surface area contributed by atoms with E-state index in [0.717, 1.165) is 35.7 Å². The lowest BCUT2D eigenvalue weighted by atomic mass is 10.1. The van der Waals surface area contributed by atoms with Crippen LogP contribution >= 0.6 is 0 Å². The van der Waals surface area contributed by atoms with Gasteiger partial charge in [-0.3, -0.25) is 0 Å². The zero-order valence-electron chi connectivity index (χ0n) is 21.0. The number of nitrogens with one attached hydrogen (secondary N) is 2. The molecule has 2 aliphatic heterocycles. The van der Waals surface area contributed by atoms with Crippen LogP contribution in [-0.4, -0.2) is 60.1 Å². The van der Waals surface area contributed by atoms with Gasteiger partial charge in [0.15, 0.2) is 46.7 Å². The number of benzene rings is 1. The van der Waals surface area contributed by atoms with Gasteiger partial charge in [-0.15, -0.1) is 0 Å². The van der Waals surface area contributed by atoms with Crippen molar-refractivity contribution in [3.8, 4) is 11.5 Å². The predicted octanol–water partition coefficient (Wildman–Crippen LogP) is 1.73. The Balaban J connectivity index is 0.000000145. The molecule has 0 spiro atoms. The van der Waals surface area contributed by atoms with E-state index in [0.29, 0.717) is 48.1 Å². The predicted molar refractivity (Wildman–Crippen MR) is 140 cm³/mol. The van der Waals surface area contributed by atoms with Gasteiger partial charge < -0.3 is 46.1 Å². The molecule has 8 N–H and O–H groups in total. The van der Waals surface area contributed by atoms with Gasteiger partial charge in [-0.25, -0.2) is 9.97 Å². The molecule has 0 aliphatic carbocycles. The minimum atomic E-state index is -0.877. The summed E-state index contributed by atoms with van der Waals surface area (Å²) >= 11 is 0. The lowest BCUT2D eigenvalue weighted by molar-refractivity contribution is 0.0799. The van der Waals surface area contributed by atoms with Crippen molar-refractivity contribution in [1.82, 2.24) is 39.9 Å². The highest BCUT2D eigenvalue weighted by molar-refractivity contribution is 5.82. The molecule has 206 valence electrons. The van der Waals surface area contributed by atoms with E-state index in [1.807, 2.05) is 24.3 Å². The summed E-state index contributed by atoms with van der Waals surface area (Å²) in [6.07, 6.45) is 3.14. The second kappa shape index (κ2) is 10.5. The van der Waals surface area contributed by atoms with Gasteiger partial charge in [0.1, 0.15) is 29.5 Å². The van der Waals surface area contributed by atoms with Crippen LogP contribution in [-0.2, 0) is 22.3 Å². The highest BCUT2D eigenvalue weighted by Gasteiger charge is 2.15. The average Bonchev–Trinajstić information content (AvgIpc) is 3.71. The first-order chi connectivity index (χ1) is 19.4. The van der Waals surface area contributed by atoms with E-state index in [4.69, 9.17) is 36.1 Å². The summed E-state index contributed by atoms with van der Waals surface area (Å²) in [5, 5.41) is 0. The highest BCUT2D eigenvalue weighted by atomic mass is 19.1. The van der Waals surface area contributed by atoms with Crippen LogP contribution in [0.15, 0.2) is 30.0 Å². The van der Waals surface area contributed by atoms with Crippen molar-refractivity contribution in [3.63, 3.8) is 0 Å². The molecule has 0 unspecified atom stereocenters. The zero-order valence-corrected chi connectivity index (χ0v) is 21.0. The van der Waals surface area contributed by atoms with Gasteiger partial charge in [0.05, 0.1) is 0 Å². The van der Waals surface area contributed by atoms with Crippen molar-refractivity contribution in [2.45, 2.75) is 19.3 Å². The summed E-state index contributed by atoms with van der Waals surface area (Å²) in [5.74, 6) is 4.14. The fraction of sp³-hybridized carbons (Fsp3) is 0.250. The summed E-state index contributed by atoms with van der Waals surface area (Å²) < 4.78 is 34.0. The summed E-state index contributed by atoms with van der Waals surface area (Å²) in [5.41, 5.74) is 19.6. The molecular formula is C24H24FN11O4. The van der Waals surface area contributed by atoms with Gasteiger partial charge in [0, 0.05) is 12.8 Å². The van der Waals surface area contributed by atoms with Crippen LogP contribution in [0.25, 0.3) is 22.3 Å². The lowest BCUT2D eigenvalue weighted by Crippen LogP contribution is -1.99. The van der Waals surface area contributed by atoms with Crippen LogP contribution in [0.4, 0.5) is 22.0 Å². The van der Waals surface area contributed by atoms with Crippen LogP contribution in [0.2, 0.25) is 0 Å². The minimum absolute atomic E-state index is 0.0192. The molecule has 0 radical (unpaired) electrons. The Labute approximate surface area is 225 Å². The third-order valence-corrected chi connectivity index (χ3v) is 5.96. The standard InChI is InChI=1S/C13H10FN5O2.C11H14N6O2/c14-13-18-11(15)10-12(19-13)17-9(16-10)4-6-1-2-7-8(3-6)21-5-20-7;12-9-8-10(17-11(13)16-9)15-7(14-8)3-1-2-6-4-18-5-19-6/h1-3H,4-5H2,(H3,15,16,17,18,19);2H,1,3-5H2,(H5,12,13,14,15,16,17)/b;6-2-. The van der Waals surface area contributed by atoms with E-state index in [1.165, 1.54) is 0 Å². The summed E-state index contributed by atoms with van der Waals surface area (Å²) in [6.45, 7) is 1.10. The van der Waals surface area contributed by atoms with Gasteiger partial charge in [-0.05, 0) is 30.2 Å². The van der Waals surface area contributed by atoms with E-state index in [2.05, 4.69) is 39.9 Å². The molecule has 40 heavy (non-hydrogen) atoms. The molecule has 1 aromatic carbocycles. The van der Waals surface area contributed by atoms with Crippen LogP contribution in [0.3, 0.4) is 0 Å². The monoisotopic (exact) mass is 549 g/mol. The van der Waals surface area contributed by atoms with E-state index >= 15 is 0 Å². The molecule has 7 rings (SSSR count). The van der Waals surface area contributed by atoms with Crippen LogP contribution in [0, 0.1) is 6.08 Å². The smallest absolute Gasteiger partial charge is 0.312 e. The SMILES string of the molecule is Nc1nc(F)nc2[nH]c(Cc3ccc4c(c3)OCO4)nc12.Nc1nc(N)c2nc(CC/C=C3/COCO3)[nH]c2n1. The largest absolute Gasteiger partial charge is 0.470 e. The number of fused-ring (bicyclic) bond motifs is 3. The van der Waals surface area contributed by atoms with E-state index in [-0.39, 0.29) is 30.0 Å². The van der Waals surface area contributed by atoms with Crippen LogP contribution in [0.5, 0.6) is 11.5 Å². The van der Waals surface area contributed by atoms with Crippen LogP contribution in [0.1, 0.15) is 23.6 Å². The quantitative estimate of drug-likeness (QED) is 0.197.